The zero-order valence-electron chi connectivity index (χ0n) is 11.3. The number of nitrogens with one attached hydrogen (secondary N) is 1. The Labute approximate surface area is 108 Å². The van der Waals surface area contributed by atoms with E-state index in [2.05, 4.69) is 11.2 Å². The summed E-state index contributed by atoms with van der Waals surface area (Å²) >= 11 is 0. The second kappa shape index (κ2) is 5.90. The van der Waals surface area contributed by atoms with E-state index in [1.165, 1.54) is 0 Å². The van der Waals surface area contributed by atoms with Crippen LogP contribution in [0.1, 0.15) is 46.5 Å². The molecule has 1 aliphatic carbocycles. The molecule has 0 aromatic heterocycles. The van der Waals surface area contributed by atoms with Crippen molar-refractivity contribution < 1.29 is 14.3 Å². The van der Waals surface area contributed by atoms with E-state index >= 15 is 0 Å². The van der Waals surface area contributed by atoms with Gasteiger partial charge in [0.15, 0.2) is 0 Å². The molecule has 0 aliphatic heterocycles. The highest BCUT2D eigenvalue weighted by Gasteiger charge is 2.34. The number of Topliss-reactive ketones (excluding diaryl/α,β-unsaturated/α-hetero) is 1. The normalized spacial score (nSPS) is 23.2. The summed E-state index contributed by atoms with van der Waals surface area (Å²) in [5, 5.41) is 2.77. The Bertz CT molecular complexity index is 362. The molecule has 1 N–H and O–H groups in total. The average molecular weight is 251 g/mol. The van der Waals surface area contributed by atoms with Crippen LogP contribution in [0.5, 0.6) is 0 Å². The number of carbonyl (C=O) groups excluding carboxylic acids is 2. The molecular weight excluding hydrogens is 230 g/mol. The van der Waals surface area contributed by atoms with Crippen molar-refractivity contribution in [3.05, 3.63) is 0 Å². The van der Waals surface area contributed by atoms with Crippen molar-refractivity contribution in [2.24, 2.45) is 5.92 Å². The van der Waals surface area contributed by atoms with Crippen LogP contribution in [0.4, 0.5) is 4.79 Å². The van der Waals surface area contributed by atoms with E-state index in [4.69, 9.17) is 11.2 Å². The van der Waals surface area contributed by atoms with E-state index in [1.807, 2.05) is 20.8 Å². The maximum Gasteiger partial charge on any atom is 0.407 e. The van der Waals surface area contributed by atoms with E-state index in [9.17, 15) is 9.59 Å². The number of terminal acetylenes is 1. The van der Waals surface area contributed by atoms with Crippen molar-refractivity contribution in [1.29, 1.82) is 0 Å². The molecule has 1 saturated carbocycles. The molecule has 2 atom stereocenters. The van der Waals surface area contributed by atoms with Crippen LogP contribution >= 0.6 is 0 Å². The van der Waals surface area contributed by atoms with Crippen molar-refractivity contribution in [2.45, 2.75) is 58.1 Å². The Morgan fingerprint density at radius 2 is 2.06 bits per heavy atom. The number of ether oxygens (including phenoxy) is 1. The zero-order valence-corrected chi connectivity index (χ0v) is 11.3. The van der Waals surface area contributed by atoms with Crippen molar-refractivity contribution in [2.75, 3.05) is 0 Å². The first-order valence-electron chi connectivity index (χ1n) is 6.29. The van der Waals surface area contributed by atoms with Crippen LogP contribution < -0.4 is 5.32 Å². The van der Waals surface area contributed by atoms with Gasteiger partial charge in [-0.15, -0.1) is 6.42 Å². The van der Waals surface area contributed by atoms with Gasteiger partial charge in [-0.3, -0.25) is 4.79 Å². The predicted molar refractivity (Wildman–Crippen MR) is 69.0 cm³/mol. The van der Waals surface area contributed by atoms with E-state index in [-0.39, 0.29) is 24.2 Å². The van der Waals surface area contributed by atoms with E-state index in [0.717, 1.165) is 19.3 Å². The SMILES string of the molecule is C#CCC(=O)[C@H]1CCC[C@H]1NC(=O)OC(C)(C)C. The fourth-order valence-electron chi connectivity index (χ4n) is 2.21. The molecule has 0 radical (unpaired) electrons. The summed E-state index contributed by atoms with van der Waals surface area (Å²) in [5.74, 6) is 2.24. The Kier molecular flexibility index (Phi) is 4.77. The highest BCUT2D eigenvalue weighted by molar-refractivity contribution is 5.84. The van der Waals surface area contributed by atoms with Crippen LogP contribution in [-0.2, 0) is 9.53 Å². The zero-order chi connectivity index (χ0) is 13.8. The summed E-state index contributed by atoms with van der Waals surface area (Å²) in [6.07, 6.45) is 7.35. The summed E-state index contributed by atoms with van der Waals surface area (Å²) in [4.78, 5) is 23.4. The highest BCUT2D eigenvalue weighted by atomic mass is 16.6. The standard InChI is InChI=1S/C14H21NO3/c1-5-7-12(16)10-8-6-9-11(10)15-13(17)18-14(2,3)4/h1,10-11H,6-9H2,2-4H3,(H,15,17)/t10-,11+/m0/s1. The van der Waals surface area contributed by atoms with Gasteiger partial charge < -0.3 is 10.1 Å². The topological polar surface area (TPSA) is 55.4 Å². The molecule has 0 unspecified atom stereocenters. The van der Waals surface area contributed by atoms with Gasteiger partial charge in [-0.05, 0) is 33.6 Å². The van der Waals surface area contributed by atoms with Gasteiger partial charge in [-0.1, -0.05) is 12.3 Å². The van der Waals surface area contributed by atoms with Gasteiger partial charge in [0.1, 0.15) is 11.4 Å². The first kappa shape index (κ1) is 14.6. The third-order valence-corrected chi connectivity index (χ3v) is 2.91. The maximum absolute atomic E-state index is 11.8. The predicted octanol–water partition coefficient (Wildman–Crippen LogP) is 2.27. The van der Waals surface area contributed by atoms with E-state index in [1.54, 1.807) is 0 Å². The maximum atomic E-state index is 11.8. The molecule has 4 nitrogen and oxygen atoms in total. The summed E-state index contributed by atoms with van der Waals surface area (Å²) in [5.41, 5.74) is -0.527. The minimum Gasteiger partial charge on any atom is -0.444 e. The number of ketones is 1. The quantitative estimate of drug-likeness (QED) is 0.783. The third kappa shape index (κ3) is 4.40. The highest BCUT2D eigenvalue weighted by Crippen LogP contribution is 2.27. The minimum absolute atomic E-state index is 0.0380. The lowest BCUT2D eigenvalue weighted by atomic mass is 9.96. The number of amides is 1. The molecule has 0 saturated heterocycles. The van der Waals surface area contributed by atoms with Crippen molar-refractivity contribution in [1.82, 2.24) is 5.32 Å². The van der Waals surface area contributed by atoms with Crippen LogP contribution in [0.25, 0.3) is 0 Å². The molecule has 1 fully saturated rings. The summed E-state index contributed by atoms with van der Waals surface area (Å²) in [6.45, 7) is 5.42. The molecule has 0 heterocycles. The van der Waals surface area contributed by atoms with Gasteiger partial charge in [0, 0.05) is 12.0 Å². The molecule has 0 bridgehead atoms. The molecule has 1 rings (SSSR count). The van der Waals surface area contributed by atoms with Crippen LogP contribution in [0, 0.1) is 18.3 Å². The van der Waals surface area contributed by atoms with Gasteiger partial charge in [0.2, 0.25) is 0 Å². The number of rotatable bonds is 3. The molecule has 4 heteroatoms. The third-order valence-electron chi connectivity index (χ3n) is 2.91. The number of hydrogen-bond donors (Lipinski definition) is 1. The van der Waals surface area contributed by atoms with Gasteiger partial charge in [0.25, 0.3) is 0 Å². The molecule has 1 aliphatic rings. The molecule has 1 amide bonds. The lowest BCUT2D eigenvalue weighted by Crippen LogP contribution is -2.42. The molecule has 0 aromatic rings. The molecule has 0 aromatic carbocycles. The van der Waals surface area contributed by atoms with Crippen LogP contribution in [0.3, 0.4) is 0 Å². The van der Waals surface area contributed by atoms with Gasteiger partial charge in [0.05, 0.1) is 6.42 Å². The van der Waals surface area contributed by atoms with Crippen molar-refractivity contribution in [3.8, 4) is 12.3 Å². The number of hydrogen-bond acceptors (Lipinski definition) is 3. The molecule has 100 valence electrons. The fourth-order valence-corrected chi connectivity index (χ4v) is 2.21. The van der Waals surface area contributed by atoms with Crippen molar-refractivity contribution in [3.63, 3.8) is 0 Å². The fraction of sp³-hybridized carbons (Fsp3) is 0.714. The smallest absolute Gasteiger partial charge is 0.407 e. The Balaban J connectivity index is 2.53. The molecular formula is C14H21NO3. The largest absolute Gasteiger partial charge is 0.444 e. The van der Waals surface area contributed by atoms with Gasteiger partial charge in [-0.25, -0.2) is 4.79 Å². The lowest BCUT2D eigenvalue weighted by molar-refractivity contribution is -0.122. The van der Waals surface area contributed by atoms with E-state index < -0.39 is 11.7 Å². The summed E-state index contributed by atoms with van der Waals surface area (Å²) in [7, 11) is 0. The van der Waals surface area contributed by atoms with Crippen molar-refractivity contribution >= 4 is 11.9 Å². The van der Waals surface area contributed by atoms with Gasteiger partial charge in [-0.2, -0.15) is 0 Å². The van der Waals surface area contributed by atoms with E-state index in [0.29, 0.717) is 0 Å². The molecule has 18 heavy (non-hydrogen) atoms. The lowest BCUT2D eigenvalue weighted by Gasteiger charge is -2.24. The summed E-state index contributed by atoms with van der Waals surface area (Å²) < 4.78 is 5.19. The first-order chi connectivity index (χ1) is 8.33. The Morgan fingerprint density at radius 1 is 1.39 bits per heavy atom. The number of carbonyl (C=O) groups is 2. The Hall–Kier alpha value is -1.50. The number of alkyl carbamates (subject to hydrolysis) is 1. The van der Waals surface area contributed by atoms with Crippen LogP contribution in [0.15, 0.2) is 0 Å². The first-order valence-corrected chi connectivity index (χ1v) is 6.29. The summed E-state index contributed by atoms with van der Waals surface area (Å²) in [6, 6.07) is -0.138. The molecule has 0 spiro atoms. The minimum atomic E-state index is -0.527. The Morgan fingerprint density at radius 3 is 2.61 bits per heavy atom. The second-order valence-corrected chi connectivity index (χ2v) is 5.64. The van der Waals surface area contributed by atoms with Gasteiger partial charge >= 0.3 is 6.09 Å². The van der Waals surface area contributed by atoms with Crippen LogP contribution in [-0.4, -0.2) is 23.5 Å². The second-order valence-electron chi connectivity index (χ2n) is 5.64. The van der Waals surface area contributed by atoms with Crippen LogP contribution in [0.2, 0.25) is 0 Å². The average Bonchev–Trinajstić information content (AvgIpc) is 2.62. The monoisotopic (exact) mass is 251 g/mol.